The van der Waals surface area contributed by atoms with Crippen LogP contribution >= 0.6 is 0 Å². The summed E-state index contributed by atoms with van der Waals surface area (Å²) < 4.78 is 6.98. The summed E-state index contributed by atoms with van der Waals surface area (Å²) in [5, 5.41) is 19.0. The molecule has 0 fully saturated rings. The lowest BCUT2D eigenvalue weighted by molar-refractivity contribution is -0.703. The van der Waals surface area contributed by atoms with Crippen molar-refractivity contribution in [2.45, 2.75) is 19.9 Å². The van der Waals surface area contributed by atoms with Gasteiger partial charge in [-0.2, -0.15) is 4.57 Å². The molecule has 0 aliphatic heterocycles. The van der Waals surface area contributed by atoms with E-state index in [0.29, 0.717) is 30.8 Å². The fourth-order valence-corrected chi connectivity index (χ4v) is 1.97. The lowest BCUT2D eigenvalue weighted by Gasteiger charge is -2.05. The molecule has 1 aromatic carbocycles. The summed E-state index contributed by atoms with van der Waals surface area (Å²) in [5.41, 5.74) is 1.10. The molecule has 5 nitrogen and oxygen atoms in total. The minimum absolute atomic E-state index is 0.126. The van der Waals surface area contributed by atoms with Gasteiger partial charge in [-0.3, -0.25) is 0 Å². The van der Waals surface area contributed by atoms with Crippen LogP contribution < -0.4 is 4.57 Å². The van der Waals surface area contributed by atoms with Gasteiger partial charge in [-0.15, -0.1) is 0 Å². The fraction of sp³-hybridized carbons (Fsp3) is 0.250. The van der Waals surface area contributed by atoms with E-state index in [1.807, 2.05) is 6.07 Å². The third-order valence-electron chi connectivity index (χ3n) is 3.21. The summed E-state index contributed by atoms with van der Waals surface area (Å²) >= 11 is 0. The van der Waals surface area contributed by atoms with Gasteiger partial charge in [0.15, 0.2) is 18.5 Å². The summed E-state index contributed by atoms with van der Waals surface area (Å²) in [7, 11) is 0. The smallest absolute Gasteiger partial charge is 0.338 e. The zero-order valence-corrected chi connectivity index (χ0v) is 11.8. The minimum atomic E-state index is -0.342. The predicted octanol–water partition coefficient (Wildman–Crippen LogP) is 1.94. The van der Waals surface area contributed by atoms with Gasteiger partial charge in [0.2, 0.25) is 11.4 Å². The molecule has 5 heteroatoms. The van der Waals surface area contributed by atoms with Gasteiger partial charge >= 0.3 is 5.97 Å². The maximum atomic E-state index is 11.7. The van der Waals surface area contributed by atoms with Gasteiger partial charge in [-0.1, -0.05) is 18.2 Å². The number of rotatable bonds is 5. The van der Waals surface area contributed by atoms with Gasteiger partial charge < -0.3 is 14.9 Å². The summed E-state index contributed by atoms with van der Waals surface area (Å²) in [6.07, 6.45) is 2.30. The van der Waals surface area contributed by atoms with Gasteiger partial charge in [0, 0.05) is 19.4 Å². The van der Waals surface area contributed by atoms with E-state index in [4.69, 9.17) is 4.74 Å². The highest BCUT2D eigenvalue weighted by atomic mass is 16.5. The Balaban J connectivity index is 1.83. The molecule has 0 aliphatic rings. The van der Waals surface area contributed by atoms with Crippen LogP contribution in [0.5, 0.6) is 11.5 Å². The molecule has 0 radical (unpaired) electrons. The highest BCUT2D eigenvalue weighted by molar-refractivity contribution is 5.89. The van der Waals surface area contributed by atoms with Gasteiger partial charge in [0.05, 0.1) is 12.2 Å². The van der Waals surface area contributed by atoms with Gasteiger partial charge in [-0.25, -0.2) is 4.79 Å². The number of carbonyl (C=O) groups is 1. The quantitative estimate of drug-likeness (QED) is 0.501. The number of aryl methyl sites for hydroxylation is 1. The Kier molecular flexibility index (Phi) is 4.77. The van der Waals surface area contributed by atoms with Gasteiger partial charge in [-0.05, 0) is 12.1 Å². The Morgan fingerprint density at radius 3 is 2.62 bits per heavy atom. The van der Waals surface area contributed by atoms with Crippen LogP contribution in [0.25, 0.3) is 0 Å². The fourth-order valence-electron chi connectivity index (χ4n) is 1.97. The number of nitrogens with zero attached hydrogens (tertiary/aromatic N) is 1. The van der Waals surface area contributed by atoms with Crippen LogP contribution in [0.4, 0.5) is 0 Å². The first-order valence-corrected chi connectivity index (χ1v) is 6.72. The molecule has 0 bridgehead atoms. The summed E-state index contributed by atoms with van der Waals surface area (Å²) in [6.45, 7) is 2.59. The van der Waals surface area contributed by atoms with E-state index in [2.05, 4.69) is 0 Å². The highest BCUT2D eigenvalue weighted by Gasteiger charge is 2.15. The van der Waals surface area contributed by atoms with Crippen molar-refractivity contribution >= 4 is 5.97 Å². The predicted molar refractivity (Wildman–Crippen MR) is 76.0 cm³/mol. The largest absolute Gasteiger partial charge is 0.504 e. The number of aromatic hydroxyl groups is 2. The molecule has 0 unspecified atom stereocenters. The number of esters is 1. The third kappa shape index (κ3) is 3.72. The monoisotopic (exact) mass is 288 g/mol. The van der Waals surface area contributed by atoms with Crippen LogP contribution in [0.15, 0.2) is 42.6 Å². The summed E-state index contributed by atoms with van der Waals surface area (Å²) in [4.78, 5) is 11.7. The molecule has 2 aromatic rings. The van der Waals surface area contributed by atoms with E-state index in [9.17, 15) is 15.0 Å². The molecule has 21 heavy (non-hydrogen) atoms. The van der Waals surface area contributed by atoms with E-state index < -0.39 is 0 Å². The van der Waals surface area contributed by atoms with E-state index in [0.717, 1.165) is 0 Å². The van der Waals surface area contributed by atoms with Gasteiger partial charge in [0.25, 0.3) is 0 Å². The van der Waals surface area contributed by atoms with Crippen LogP contribution in [-0.2, 0) is 11.3 Å². The topological polar surface area (TPSA) is 70.6 Å². The second-order valence-corrected chi connectivity index (χ2v) is 4.68. The van der Waals surface area contributed by atoms with Crippen LogP contribution in [-0.4, -0.2) is 22.8 Å². The van der Waals surface area contributed by atoms with Crippen molar-refractivity contribution in [2.75, 3.05) is 6.61 Å². The average molecular weight is 288 g/mol. The number of hydrogen-bond donors (Lipinski definition) is 2. The molecule has 0 spiro atoms. The minimum Gasteiger partial charge on any atom is -0.504 e. The Labute approximate surface area is 123 Å². The maximum absolute atomic E-state index is 11.7. The molecule has 0 amide bonds. The Morgan fingerprint density at radius 2 is 1.90 bits per heavy atom. The Morgan fingerprint density at radius 1 is 1.19 bits per heavy atom. The van der Waals surface area contributed by atoms with E-state index >= 15 is 0 Å². The first kappa shape index (κ1) is 14.8. The van der Waals surface area contributed by atoms with Crippen LogP contribution in [0.2, 0.25) is 0 Å². The highest BCUT2D eigenvalue weighted by Crippen LogP contribution is 2.24. The zero-order valence-electron chi connectivity index (χ0n) is 11.8. The lowest BCUT2D eigenvalue weighted by atomic mass is 10.2. The van der Waals surface area contributed by atoms with Crippen molar-refractivity contribution < 1.29 is 24.3 Å². The molecule has 0 saturated carbocycles. The van der Waals surface area contributed by atoms with Crippen LogP contribution in [0, 0.1) is 6.92 Å². The standard InChI is InChI=1S/C16H17NO4/c1-12-15(19)14(18)8-10-17(12)9-5-11-21-16(20)13-6-3-2-4-7-13/h2-4,6-8,10,19H,5,9,11H2,1H3/p+1. The molecular weight excluding hydrogens is 270 g/mol. The first-order valence-electron chi connectivity index (χ1n) is 6.72. The van der Waals surface area contributed by atoms with Crippen molar-refractivity contribution in [2.24, 2.45) is 0 Å². The molecule has 110 valence electrons. The number of hydrogen-bond acceptors (Lipinski definition) is 4. The maximum Gasteiger partial charge on any atom is 0.338 e. The average Bonchev–Trinajstić information content (AvgIpc) is 2.51. The van der Waals surface area contributed by atoms with Crippen molar-refractivity contribution in [3.8, 4) is 11.5 Å². The Bertz CT molecular complexity index is 626. The molecule has 2 rings (SSSR count). The number of carbonyl (C=O) groups excluding carboxylic acids is 1. The molecule has 2 N–H and O–H groups in total. The van der Waals surface area contributed by atoms with Crippen molar-refractivity contribution in [3.63, 3.8) is 0 Å². The number of ether oxygens (including phenoxy) is 1. The SMILES string of the molecule is Cc1c(O)c(O)cc[n+]1CCCOC(=O)c1ccccc1. The normalized spacial score (nSPS) is 10.3. The van der Waals surface area contributed by atoms with E-state index in [-0.39, 0.29) is 17.5 Å². The number of benzene rings is 1. The second-order valence-electron chi connectivity index (χ2n) is 4.68. The number of aromatic nitrogens is 1. The first-order chi connectivity index (χ1) is 10.1. The summed E-state index contributed by atoms with van der Waals surface area (Å²) in [5.74, 6) is -0.607. The molecule has 0 atom stereocenters. The van der Waals surface area contributed by atoms with E-state index in [1.165, 1.54) is 6.07 Å². The van der Waals surface area contributed by atoms with Crippen LogP contribution in [0.3, 0.4) is 0 Å². The molecule has 1 heterocycles. The number of pyridine rings is 1. The lowest BCUT2D eigenvalue weighted by Crippen LogP contribution is -2.37. The van der Waals surface area contributed by atoms with Crippen molar-refractivity contribution in [3.05, 3.63) is 53.9 Å². The Hall–Kier alpha value is -2.56. The molecule has 0 aliphatic carbocycles. The van der Waals surface area contributed by atoms with Gasteiger partial charge in [0.1, 0.15) is 0 Å². The molecule has 0 saturated heterocycles. The van der Waals surface area contributed by atoms with E-state index in [1.54, 1.807) is 42.0 Å². The zero-order chi connectivity index (χ0) is 15.2. The molecule has 1 aromatic heterocycles. The molecular formula is C16H18NO4+. The second kappa shape index (κ2) is 6.74. The third-order valence-corrected chi connectivity index (χ3v) is 3.21. The van der Waals surface area contributed by atoms with Crippen LogP contribution in [0.1, 0.15) is 22.5 Å². The summed E-state index contributed by atoms with van der Waals surface area (Å²) in [6, 6.07) is 10.3. The van der Waals surface area contributed by atoms with Crippen molar-refractivity contribution in [1.82, 2.24) is 0 Å². The van der Waals surface area contributed by atoms with Crippen molar-refractivity contribution in [1.29, 1.82) is 0 Å².